The van der Waals surface area contributed by atoms with Gasteiger partial charge in [-0.2, -0.15) is 0 Å². The van der Waals surface area contributed by atoms with Crippen LogP contribution in [0.1, 0.15) is 65.2 Å². The number of cyclic esters (lactones) is 1. The molecule has 8 atom stereocenters. The number of carbonyl (C=O) groups is 1. The van der Waals surface area contributed by atoms with Gasteiger partial charge in [0.1, 0.15) is 6.10 Å². The van der Waals surface area contributed by atoms with Gasteiger partial charge < -0.3 is 4.74 Å². The summed E-state index contributed by atoms with van der Waals surface area (Å²) in [5, 5.41) is 0. The molecule has 25 heavy (non-hydrogen) atoms. The Morgan fingerprint density at radius 2 is 1.84 bits per heavy atom. The molecule has 3 nitrogen and oxygen atoms in total. The zero-order valence-corrected chi connectivity index (χ0v) is 16.2. The van der Waals surface area contributed by atoms with Crippen molar-refractivity contribution in [2.45, 2.75) is 83.4 Å². The van der Waals surface area contributed by atoms with Gasteiger partial charge in [-0.25, -0.2) is 0 Å². The maximum atomic E-state index is 12.4. The van der Waals surface area contributed by atoms with Crippen molar-refractivity contribution in [1.29, 1.82) is 0 Å². The van der Waals surface area contributed by atoms with Crippen molar-refractivity contribution < 1.29 is 9.53 Å². The van der Waals surface area contributed by atoms with Crippen LogP contribution in [-0.4, -0.2) is 36.1 Å². The highest BCUT2D eigenvalue weighted by Gasteiger charge is 2.53. The molecule has 2 aliphatic heterocycles. The Morgan fingerprint density at radius 1 is 1.04 bits per heavy atom. The maximum Gasteiger partial charge on any atom is 0.309 e. The molecule has 140 valence electrons. The summed E-state index contributed by atoms with van der Waals surface area (Å²) < 4.78 is 5.69. The Hall–Kier alpha value is -0.830. The van der Waals surface area contributed by atoms with Crippen LogP contribution in [0, 0.1) is 29.6 Å². The standard InChI is InChI=1S/C22H35NO2/c1-14-7-6-9-17(23(14)3)11-12-19-18-10-5-4-8-16(18)13-20-21(19)15(2)25-22(20)24/h11-12,14-21H,4-10,13H2,1-3H3/b12-11+/t14-,15-,16+,17+,18-,19-,20-,21+/m0/s1. The van der Waals surface area contributed by atoms with Gasteiger partial charge in [0.25, 0.3) is 0 Å². The van der Waals surface area contributed by atoms with E-state index in [0.717, 1.165) is 18.3 Å². The Bertz CT molecular complexity index is 530. The van der Waals surface area contributed by atoms with E-state index in [0.29, 0.717) is 23.9 Å². The van der Waals surface area contributed by atoms with Gasteiger partial charge in [0.2, 0.25) is 0 Å². The lowest BCUT2D eigenvalue weighted by Gasteiger charge is -2.46. The third kappa shape index (κ3) is 3.18. The highest BCUT2D eigenvalue weighted by molar-refractivity contribution is 5.75. The molecule has 2 aliphatic carbocycles. The van der Waals surface area contributed by atoms with Gasteiger partial charge >= 0.3 is 5.97 Å². The van der Waals surface area contributed by atoms with Crippen LogP contribution in [0.3, 0.4) is 0 Å². The van der Waals surface area contributed by atoms with Crippen LogP contribution >= 0.6 is 0 Å². The molecule has 4 rings (SSSR count). The van der Waals surface area contributed by atoms with Crippen LogP contribution in [0.15, 0.2) is 12.2 Å². The number of ether oxygens (including phenoxy) is 1. The quantitative estimate of drug-likeness (QED) is 0.548. The summed E-state index contributed by atoms with van der Waals surface area (Å²) in [7, 11) is 2.27. The van der Waals surface area contributed by atoms with Crippen molar-refractivity contribution in [1.82, 2.24) is 4.90 Å². The van der Waals surface area contributed by atoms with Crippen LogP contribution in [0.5, 0.6) is 0 Å². The molecule has 0 unspecified atom stereocenters. The third-order valence-electron chi connectivity index (χ3n) is 7.97. The summed E-state index contributed by atoms with van der Waals surface area (Å²) in [6.45, 7) is 4.47. The topological polar surface area (TPSA) is 29.5 Å². The molecule has 0 N–H and O–H groups in total. The molecule has 0 radical (unpaired) electrons. The molecular formula is C22H35NO2. The predicted molar refractivity (Wildman–Crippen MR) is 100 cm³/mol. The Balaban J connectivity index is 1.57. The summed E-state index contributed by atoms with van der Waals surface area (Å²) in [6.07, 6.45) is 15.5. The number of rotatable bonds is 2. The lowest BCUT2D eigenvalue weighted by Crippen LogP contribution is -2.44. The van der Waals surface area contributed by atoms with Crippen molar-refractivity contribution in [3.05, 3.63) is 12.2 Å². The number of esters is 1. The van der Waals surface area contributed by atoms with Gasteiger partial charge in [-0.1, -0.05) is 37.8 Å². The predicted octanol–water partition coefficient (Wildman–Crippen LogP) is 4.42. The number of nitrogens with zero attached hydrogens (tertiary/aromatic N) is 1. The van der Waals surface area contributed by atoms with E-state index in [1.807, 2.05) is 0 Å². The first-order chi connectivity index (χ1) is 12.1. The fraction of sp³-hybridized carbons (Fsp3) is 0.864. The van der Waals surface area contributed by atoms with Gasteiger partial charge in [0.05, 0.1) is 5.92 Å². The first-order valence-electron chi connectivity index (χ1n) is 10.7. The van der Waals surface area contributed by atoms with Crippen LogP contribution < -0.4 is 0 Å². The first-order valence-corrected chi connectivity index (χ1v) is 10.7. The van der Waals surface area contributed by atoms with E-state index in [1.54, 1.807) is 0 Å². The largest absolute Gasteiger partial charge is 0.462 e. The molecule has 2 saturated heterocycles. The van der Waals surface area contributed by atoms with Gasteiger partial charge in [-0.3, -0.25) is 9.69 Å². The van der Waals surface area contributed by atoms with Crippen LogP contribution in [-0.2, 0) is 9.53 Å². The number of likely N-dealkylation sites (N-methyl/N-ethyl adjacent to an activating group) is 1. The lowest BCUT2D eigenvalue weighted by molar-refractivity contribution is -0.144. The fourth-order valence-corrected chi connectivity index (χ4v) is 6.43. The van der Waals surface area contributed by atoms with E-state index >= 15 is 0 Å². The van der Waals surface area contributed by atoms with Crippen molar-refractivity contribution in [2.24, 2.45) is 29.6 Å². The molecule has 4 fully saturated rings. The average molecular weight is 346 g/mol. The normalized spacial score (nSPS) is 48.2. The molecule has 0 amide bonds. The lowest BCUT2D eigenvalue weighted by atomic mass is 9.57. The first kappa shape index (κ1) is 17.6. The molecule has 0 aromatic heterocycles. The number of hydrogen-bond acceptors (Lipinski definition) is 3. The van der Waals surface area contributed by atoms with Crippen LogP contribution in [0.2, 0.25) is 0 Å². The molecule has 3 heteroatoms. The van der Waals surface area contributed by atoms with Crippen molar-refractivity contribution in [3.8, 4) is 0 Å². The number of likely N-dealkylation sites (tertiary alicyclic amines) is 1. The average Bonchev–Trinajstić information content (AvgIpc) is 2.89. The molecule has 0 aromatic carbocycles. The van der Waals surface area contributed by atoms with E-state index < -0.39 is 0 Å². The molecule has 2 saturated carbocycles. The van der Waals surface area contributed by atoms with E-state index in [-0.39, 0.29) is 18.0 Å². The van der Waals surface area contributed by atoms with Gasteiger partial charge in [-0.05, 0) is 64.3 Å². The molecule has 0 spiro atoms. The Labute approximate surface area is 153 Å². The zero-order valence-electron chi connectivity index (χ0n) is 16.2. The number of allylic oxidation sites excluding steroid dienone is 1. The van der Waals surface area contributed by atoms with Crippen molar-refractivity contribution >= 4 is 5.97 Å². The van der Waals surface area contributed by atoms with E-state index in [4.69, 9.17) is 4.74 Å². The minimum absolute atomic E-state index is 0.0864. The minimum Gasteiger partial charge on any atom is -0.462 e. The van der Waals surface area contributed by atoms with E-state index in [2.05, 4.69) is 37.9 Å². The summed E-state index contributed by atoms with van der Waals surface area (Å²) in [6, 6.07) is 1.25. The second kappa shape index (κ2) is 7.06. The molecule has 2 heterocycles. The summed E-state index contributed by atoms with van der Waals surface area (Å²) >= 11 is 0. The van der Waals surface area contributed by atoms with Crippen molar-refractivity contribution in [3.63, 3.8) is 0 Å². The fourth-order valence-electron chi connectivity index (χ4n) is 6.43. The summed E-state index contributed by atoms with van der Waals surface area (Å²) in [4.78, 5) is 14.9. The number of piperidine rings is 1. The van der Waals surface area contributed by atoms with E-state index in [9.17, 15) is 4.79 Å². The SMILES string of the molecule is C[C@@H]1OC(=O)[C@H]2C[C@H]3CCCC[C@@H]3[C@H](/C=C/[C@H]3CCC[C@H](C)N3C)[C@@H]12. The minimum atomic E-state index is 0.0864. The molecule has 0 aromatic rings. The summed E-state index contributed by atoms with van der Waals surface area (Å²) in [5.74, 6) is 2.71. The van der Waals surface area contributed by atoms with E-state index in [1.165, 1.54) is 44.9 Å². The second-order valence-electron chi connectivity index (χ2n) is 9.24. The van der Waals surface area contributed by atoms with Crippen LogP contribution in [0.4, 0.5) is 0 Å². The van der Waals surface area contributed by atoms with Gasteiger partial charge in [0.15, 0.2) is 0 Å². The molecular weight excluding hydrogens is 310 g/mol. The Morgan fingerprint density at radius 3 is 2.68 bits per heavy atom. The number of carbonyl (C=O) groups excluding carboxylic acids is 1. The van der Waals surface area contributed by atoms with Gasteiger partial charge in [-0.15, -0.1) is 0 Å². The second-order valence-corrected chi connectivity index (χ2v) is 9.24. The number of hydrogen-bond donors (Lipinski definition) is 0. The maximum absolute atomic E-state index is 12.4. The summed E-state index contributed by atoms with van der Waals surface area (Å²) in [5.41, 5.74) is 0. The van der Waals surface area contributed by atoms with Gasteiger partial charge in [0, 0.05) is 18.0 Å². The molecule has 0 bridgehead atoms. The smallest absolute Gasteiger partial charge is 0.309 e. The monoisotopic (exact) mass is 345 g/mol. The van der Waals surface area contributed by atoms with Crippen LogP contribution in [0.25, 0.3) is 0 Å². The number of fused-ring (bicyclic) bond motifs is 2. The highest BCUT2D eigenvalue weighted by Crippen LogP contribution is 2.53. The Kier molecular flexibility index (Phi) is 4.96. The zero-order chi connectivity index (χ0) is 17.6. The highest BCUT2D eigenvalue weighted by atomic mass is 16.6. The molecule has 4 aliphatic rings. The van der Waals surface area contributed by atoms with Crippen molar-refractivity contribution in [2.75, 3.05) is 7.05 Å². The third-order valence-corrected chi connectivity index (χ3v) is 7.97.